The molecule has 0 aliphatic rings. The van der Waals surface area contributed by atoms with E-state index < -0.39 is 0 Å². The van der Waals surface area contributed by atoms with Crippen molar-refractivity contribution in [2.45, 2.75) is 33.2 Å². The molecule has 4 heteroatoms. The van der Waals surface area contributed by atoms with Crippen molar-refractivity contribution >= 4 is 11.3 Å². The van der Waals surface area contributed by atoms with Crippen LogP contribution in [0.25, 0.3) is 0 Å². The molecule has 1 rings (SSSR count). The van der Waals surface area contributed by atoms with Crippen LogP contribution in [0.1, 0.15) is 30.5 Å². The Morgan fingerprint density at radius 1 is 1.47 bits per heavy atom. The zero-order valence-electron chi connectivity index (χ0n) is 9.58. The molecule has 0 bridgehead atoms. The molecule has 0 saturated carbocycles. The largest absolute Gasteiger partial charge is 0.382 e. The maximum Gasteiger partial charge on any atom is 0.0897 e. The highest BCUT2D eigenvalue weighted by molar-refractivity contribution is 7.09. The third-order valence-electron chi connectivity index (χ3n) is 2.07. The molecular weight excluding hydrogens is 208 g/mol. The van der Waals surface area contributed by atoms with Crippen molar-refractivity contribution in [3.8, 4) is 0 Å². The van der Waals surface area contributed by atoms with Gasteiger partial charge < -0.3 is 10.1 Å². The zero-order valence-corrected chi connectivity index (χ0v) is 10.4. The third-order valence-corrected chi connectivity index (χ3v) is 2.89. The normalized spacial score (nSPS) is 10.8. The average Bonchev–Trinajstić information content (AvgIpc) is 2.63. The molecule has 0 aliphatic heterocycles. The van der Waals surface area contributed by atoms with E-state index >= 15 is 0 Å². The SMILES string of the molecule is CCOCCCCNCc1csc(C)n1. The Morgan fingerprint density at radius 2 is 2.33 bits per heavy atom. The van der Waals surface area contributed by atoms with Crippen LogP contribution < -0.4 is 5.32 Å². The molecule has 0 atom stereocenters. The number of thiazole rings is 1. The van der Waals surface area contributed by atoms with Gasteiger partial charge in [0.2, 0.25) is 0 Å². The molecule has 0 aromatic carbocycles. The van der Waals surface area contributed by atoms with Gasteiger partial charge in [0.15, 0.2) is 0 Å². The highest BCUT2D eigenvalue weighted by Gasteiger charge is 1.96. The predicted molar refractivity (Wildman–Crippen MR) is 64.3 cm³/mol. The Kier molecular flexibility index (Phi) is 6.55. The summed E-state index contributed by atoms with van der Waals surface area (Å²) in [6, 6.07) is 0. The number of aromatic nitrogens is 1. The maximum absolute atomic E-state index is 5.26. The van der Waals surface area contributed by atoms with Crippen molar-refractivity contribution in [3.63, 3.8) is 0 Å². The Labute approximate surface area is 95.9 Å². The van der Waals surface area contributed by atoms with Crippen LogP contribution >= 0.6 is 11.3 Å². The second-order valence-corrected chi connectivity index (χ2v) is 4.50. The summed E-state index contributed by atoms with van der Waals surface area (Å²) in [4.78, 5) is 4.39. The molecule has 0 saturated heterocycles. The zero-order chi connectivity index (χ0) is 10.9. The lowest BCUT2D eigenvalue weighted by atomic mass is 10.3. The molecule has 0 radical (unpaired) electrons. The van der Waals surface area contributed by atoms with E-state index in [0.717, 1.165) is 43.4 Å². The van der Waals surface area contributed by atoms with Gasteiger partial charge in [-0.2, -0.15) is 0 Å². The summed E-state index contributed by atoms with van der Waals surface area (Å²) in [5.74, 6) is 0. The van der Waals surface area contributed by atoms with Crippen molar-refractivity contribution in [2.24, 2.45) is 0 Å². The molecule has 0 aliphatic carbocycles. The average molecular weight is 228 g/mol. The van der Waals surface area contributed by atoms with Crippen LogP contribution in [-0.4, -0.2) is 24.7 Å². The first-order valence-corrected chi connectivity index (χ1v) is 6.40. The highest BCUT2D eigenvalue weighted by atomic mass is 32.1. The smallest absolute Gasteiger partial charge is 0.0897 e. The lowest BCUT2D eigenvalue weighted by molar-refractivity contribution is 0.143. The van der Waals surface area contributed by atoms with Crippen molar-refractivity contribution in [2.75, 3.05) is 19.8 Å². The second-order valence-electron chi connectivity index (χ2n) is 3.44. The van der Waals surface area contributed by atoms with Gasteiger partial charge in [0.1, 0.15) is 0 Å². The van der Waals surface area contributed by atoms with Crippen LogP contribution in [0.15, 0.2) is 5.38 Å². The van der Waals surface area contributed by atoms with Crippen LogP contribution in [0.2, 0.25) is 0 Å². The summed E-state index contributed by atoms with van der Waals surface area (Å²) < 4.78 is 5.26. The first-order valence-electron chi connectivity index (χ1n) is 5.52. The Morgan fingerprint density at radius 3 is 3.00 bits per heavy atom. The van der Waals surface area contributed by atoms with Gasteiger partial charge in [0.25, 0.3) is 0 Å². The quantitative estimate of drug-likeness (QED) is 0.694. The van der Waals surface area contributed by atoms with E-state index in [1.54, 1.807) is 11.3 Å². The van der Waals surface area contributed by atoms with Crippen LogP contribution in [0, 0.1) is 6.92 Å². The molecule has 3 nitrogen and oxygen atoms in total. The Hall–Kier alpha value is -0.450. The number of nitrogens with zero attached hydrogens (tertiary/aromatic N) is 1. The topological polar surface area (TPSA) is 34.1 Å². The number of hydrogen-bond acceptors (Lipinski definition) is 4. The van der Waals surface area contributed by atoms with Gasteiger partial charge in [-0.1, -0.05) is 0 Å². The monoisotopic (exact) mass is 228 g/mol. The fourth-order valence-electron chi connectivity index (χ4n) is 1.30. The van der Waals surface area contributed by atoms with E-state index in [4.69, 9.17) is 4.74 Å². The molecule has 1 aromatic heterocycles. The fraction of sp³-hybridized carbons (Fsp3) is 0.727. The molecule has 0 unspecified atom stereocenters. The van der Waals surface area contributed by atoms with E-state index in [-0.39, 0.29) is 0 Å². The number of hydrogen-bond donors (Lipinski definition) is 1. The number of rotatable bonds is 8. The minimum atomic E-state index is 0.825. The Balaban J connectivity index is 1.93. The number of ether oxygens (including phenoxy) is 1. The first-order chi connectivity index (χ1) is 7.33. The van der Waals surface area contributed by atoms with Crippen molar-refractivity contribution in [3.05, 3.63) is 16.1 Å². The van der Waals surface area contributed by atoms with E-state index in [0.29, 0.717) is 0 Å². The number of unbranched alkanes of at least 4 members (excludes halogenated alkanes) is 1. The highest BCUT2D eigenvalue weighted by Crippen LogP contribution is 2.07. The third kappa shape index (κ3) is 5.87. The fourth-order valence-corrected chi connectivity index (χ4v) is 1.92. The van der Waals surface area contributed by atoms with Gasteiger partial charge in [-0.15, -0.1) is 11.3 Å². The van der Waals surface area contributed by atoms with Gasteiger partial charge in [0, 0.05) is 25.1 Å². The number of aryl methyl sites for hydroxylation is 1. The summed E-state index contributed by atoms with van der Waals surface area (Å²) in [6.07, 6.45) is 2.31. The summed E-state index contributed by atoms with van der Waals surface area (Å²) in [7, 11) is 0. The minimum Gasteiger partial charge on any atom is -0.382 e. The van der Waals surface area contributed by atoms with Gasteiger partial charge in [-0.05, 0) is 33.2 Å². The molecule has 0 amide bonds. The molecule has 0 spiro atoms. The van der Waals surface area contributed by atoms with Crippen molar-refractivity contribution in [1.82, 2.24) is 10.3 Å². The summed E-state index contributed by atoms with van der Waals surface area (Å²) in [5.41, 5.74) is 1.15. The van der Waals surface area contributed by atoms with Crippen LogP contribution in [0.4, 0.5) is 0 Å². The molecule has 15 heavy (non-hydrogen) atoms. The van der Waals surface area contributed by atoms with Gasteiger partial charge in [-0.3, -0.25) is 0 Å². The van der Waals surface area contributed by atoms with Crippen molar-refractivity contribution in [1.29, 1.82) is 0 Å². The lowest BCUT2D eigenvalue weighted by Gasteiger charge is -2.03. The molecule has 1 heterocycles. The summed E-state index contributed by atoms with van der Waals surface area (Å²) >= 11 is 1.71. The van der Waals surface area contributed by atoms with E-state index in [1.807, 2.05) is 13.8 Å². The van der Waals surface area contributed by atoms with Crippen molar-refractivity contribution < 1.29 is 4.74 Å². The Bertz CT molecular complexity index is 263. The van der Waals surface area contributed by atoms with Gasteiger partial charge in [-0.25, -0.2) is 4.98 Å². The van der Waals surface area contributed by atoms with E-state index in [1.165, 1.54) is 6.42 Å². The minimum absolute atomic E-state index is 0.825. The first kappa shape index (κ1) is 12.6. The van der Waals surface area contributed by atoms with Crippen LogP contribution in [-0.2, 0) is 11.3 Å². The molecule has 86 valence electrons. The standard InChI is InChI=1S/C11H20N2OS/c1-3-14-7-5-4-6-12-8-11-9-15-10(2)13-11/h9,12H,3-8H2,1-2H3. The van der Waals surface area contributed by atoms with Gasteiger partial charge >= 0.3 is 0 Å². The summed E-state index contributed by atoms with van der Waals surface area (Å²) in [5, 5.41) is 6.64. The second kappa shape index (κ2) is 7.79. The predicted octanol–water partition coefficient (Wildman–Crippen LogP) is 2.36. The van der Waals surface area contributed by atoms with E-state index in [2.05, 4.69) is 15.7 Å². The van der Waals surface area contributed by atoms with Gasteiger partial charge in [0.05, 0.1) is 10.7 Å². The van der Waals surface area contributed by atoms with E-state index in [9.17, 15) is 0 Å². The molecular formula is C11H20N2OS. The van der Waals surface area contributed by atoms with Crippen LogP contribution in [0.3, 0.4) is 0 Å². The lowest BCUT2D eigenvalue weighted by Crippen LogP contribution is -2.15. The number of nitrogens with one attached hydrogen (secondary N) is 1. The maximum atomic E-state index is 5.26. The molecule has 1 N–H and O–H groups in total. The molecule has 0 fully saturated rings. The van der Waals surface area contributed by atoms with Crippen LogP contribution in [0.5, 0.6) is 0 Å². The molecule has 1 aromatic rings. The summed E-state index contributed by atoms with van der Waals surface area (Å²) in [6.45, 7) is 7.71.